The number of anilines is 1. The highest BCUT2D eigenvalue weighted by Gasteiger charge is 2.14. The SMILES string of the molecule is CCCCCCCCCCCCCCOc1ccc(CCN(C(C)=O)c2ccc(C[n+]3csc(C)c3)cc2)cc1F. The summed E-state index contributed by atoms with van der Waals surface area (Å²) in [4.78, 5) is 15.4. The number of hydrogen-bond donors (Lipinski definition) is 0. The van der Waals surface area contributed by atoms with Gasteiger partial charge in [0.2, 0.25) is 11.4 Å². The molecule has 0 spiro atoms. The number of hydrogen-bond acceptors (Lipinski definition) is 3. The number of rotatable bonds is 20. The average molecular weight is 582 g/mol. The van der Waals surface area contributed by atoms with Crippen molar-refractivity contribution < 1.29 is 18.5 Å². The second kappa shape index (κ2) is 18.7. The fraction of sp³-hybridized carbons (Fsp3) is 0.543. The molecule has 0 bridgehead atoms. The van der Waals surface area contributed by atoms with E-state index in [1.807, 2.05) is 18.2 Å². The summed E-state index contributed by atoms with van der Waals surface area (Å²) in [6.07, 6.45) is 18.2. The zero-order valence-electron chi connectivity index (χ0n) is 25.5. The Morgan fingerprint density at radius 3 is 2.05 bits per heavy atom. The van der Waals surface area contributed by atoms with E-state index in [4.69, 9.17) is 4.74 Å². The third-order valence-corrected chi connectivity index (χ3v) is 8.44. The summed E-state index contributed by atoms with van der Waals surface area (Å²) in [6, 6.07) is 13.3. The minimum absolute atomic E-state index is 0.0246. The molecule has 0 atom stereocenters. The highest BCUT2D eigenvalue weighted by atomic mass is 32.1. The fourth-order valence-electron chi connectivity index (χ4n) is 5.17. The molecule has 2 aromatic carbocycles. The van der Waals surface area contributed by atoms with Gasteiger partial charge in [-0.1, -0.05) is 107 Å². The van der Waals surface area contributed by atoms with Crippen LogP contribution >= 0.6 is 11.3 Å². The Balaban J connectivity index is 1.34. The quantitative estimate of drug-likeness (QED) is 0.0984. The van der Waals surface area contributed by atoms with E-state index in [9.17, 15) is 9.18 Å². The molecule has 0 saturated heterocycles. The predicted molar refractivity (Wildman–Crippen MR) is 169 cm³/mol. The molecule has 1 heterocycles. The molecule has 4 nitrogen and oxygen atoms in total. The number of benzene rings is 2. The second-order valence-corrected chi connectivity index (χ2v) is 12.3. The first-order chi connectivity index (χ1) is 20.0. The van der Waals surface area contributed by atoms with Crippen molar-refractivity contribution in [3.05, 3.63) is 76.0 Å². The lowest BCUT2D eigenvalue weighted by molar-refractivity contribution is -0.683. The number of ether oxygens (including phenoxy) is 1. The number of carbonyl (C=O) groups excluding carboxylic acids is 1. The van der Waals surface area contributed by atoms with Gasteiger partial charge in [-0.15, -0.1) is 0 Å². The average Bonchev–Trinajstić information content (AvgIpc) is 3.37. The molecule has 41 heavy (non-hydrogen) atoms. The summed E-state index contributed by atoms with van der Waals surface area (Å²) >= 11 is 1.73. The van der Waals surface area contributed by atoms with Crippen molar-refractivity contribution in [1.82, 2.24) is 0 Å². The molecule has 3 rings (SSSR count). The van der Waals surface area contributed by atoms with Crippen LogP contribution in [0.5, 0.6) is 5.75 Å². The Bertz CT molecular complexity index is 1160. The number of thiazole rings is 1. The van der Waals surface area contributed by atoms with E-state index in [-0.39, 0.29) is 11.7 Å². The largest absolute Gasteiger partial charge is 0.491 e. The van der Waals surface area contributed by atoms with Gasteiger partial charge >= 0.3 is 0 Å². The molecular weight excluding hydrogens is 531 g/mol. The Hall–Kier alpha value is -2.73. The first-order valence-electron chi connectivity index (χ1n) is 15.7. The Morgan fingerprint density at radius 2 is 1.49 bits per heavy atom. The van der Waals surface area contributed by atoms with Crippen molar-refractivity contribution in [3.63, 3.8) is 0 Å². The van der Waals surface area contributed by atoms with Crippen LogP contribution in [0.1, 0.15) is 107 Å². The van der Waals surface area contributed by atoms with E-state index >= 15 is 0 Å². The van der Waals surface area contributed by atoms with Gasteiger partial charge in [0.05, 0.1) is 11.5 Å². The molecule has 0 fully saturated rings. The number of nitrogens with zero attached hydrogens (tertiary/aromatic N) is 2. The van der Waals surface area contributed by atoms with Gasteiger partial charge in [-0.05, 0) is 49.6 Å². The van der Waals surface area contributed by atoms with E-state index in [0.29, 0.717) is 25.3 Å². The maximum absolute atomic E-state index is 14.7. The highest BCUT2D eigenvalue weighted by molar-refractivity contribution is 7.09. The summed E-state index contributed by atoms with van der Waals surface area (Å²) in [7, 11) is 0. The van der Waals surface area contributed by atoms with Crippen LogP contribution in [-0.2, 0) is 17.8 Å². The molecule has 3 aromatic rings. The Kier molecular flexibility index (Phi) is 14.9. The summed E-state index contributed by atoms with van der Waals surface area (Å²) in [5, 5.41) is 0. The molecular formula is C35H50FN2O2S+. The predicted octanol–water partition coefficient (Wildman–Crippen LogP) is 9.21. The molecule has 0 unspecified atom stereocenters. The number of unbranched alkanes of at least 4 members (excludes halogenated alkanes) is 11. The standard InChI is InChI=1S/C35H50FN2O2S/c1-4-5-6-7-8-9-10-11-12-13-14-15-24-40-35-21-18-31(25-34(35)36)22-23-38(30(3)39)33-19-16-32(17-20-33)27-37-26-29(2)41-28-37/h16-21,25-26,28H,4-15,22-24,27H2,1-3H3/q+1. The van der Waals surface area contributed by atoms with E-state index in [1.54, 1.807) is 35.3 Å². The van der Waals surface area contributed by atoms with Crippen LogP contribution in [0.3, 0.4) is 0 Å². The second-order valence-electron chi connectivity index (χ2n) is 11.2. The monoisotopic (exact) mass is 581 g/mol. The van der Waals surface area contributed by atoms with E-state index in [1.165, 1.54) is 74.6 Å². The van der Waals surface area contributed by atoms with Gasteiger partial charge in [-0.25, -0.2) is 4.39 Å². The van der Waals surface area contributed by atoms with Crippen molar-refractivity contribution in [1.29, 1.82) is 0 Å². The number of halogens is 1. The Labute approximate surface area is 251 Å². The minimum atomic E-state index is -0.332. The van der Waals surface area contributed by atoms with Crippen molar-refractivity contribution in [2.75, 3.05) is 18.1 Å². The third-order valence-electron chi connectivity index (χ3n) is 7.59. The number of carbonyl (C=O) groups is 1. The molecule has 1 amide bonds. The molecule has 0 aliphatic carbocycles. The van der Waals surface area contributed by atoms with Crippen molar-refractivity contribution in [2.24, 2.45) is 0 Å². The van der Waals surface area contributed by atoms with Gasteiger partial charge in [0.1, 0.15) is 0 Å². The van der Waals surface area contributed by atoms with Gasteiger partial charge in [-0.3, -0.25) is 4.79 Å². The Morgan fingerprint density at radius 1 is 0.878 bits per heavy atom. The van der Waals surface area contributed by atoms with Crippen LogP contribution in [0.25, 0.3) is 0 Å². The van der Waals surface area contributed by atoms with Crippen LogP contribution in [0.2, 0.25) is 0 Å². The zero-order valence-corrected chi connectivity index (χ0v) is 26.3. The maximum Gasteiger partial charge on any atom is 0.225 e. The summed E-state index contributed by atoms with van der Waals surface area (Å²) in [5.74, 6) is -0.0423. The normalized spacial score (nSPS) is 11.1. The number of amides is 1. The number of aromatic nitrogens is 1. The first kappa shape index (κ1) is 32.8. The van der Waals surface area contributed by atoms with E-state index < -0.39 is 0 Å². The van der Waals surface area contributed by atoms with Crippen LogP contribution in [-0.4, -0.2) is 19.1 Å². The summed E-state index contributed by atoms with van der Waals surface area (Å²) in [5.41, 5.74) is 5.00. The van der Waals surface area contributed by atoms with Gasteiger partial charge in [0, 0.05) is 24.7 Å². The van der Waals surface area contributed by atoms with Crippen LogP contribution in [0, 0.1) is 12.7 Å². The van der Waals surface area contributed by atoms with E-state index in [0.717, 1.165) is 30.6 Å². The molecule has 1 aromatic heterocycles. The molecule has 0 N–H and O–H groups in total. The van der Waals surface area contributed by atoms with Crippen LogP contribution in [0.4, 0.5) is 10.1 Å². The van der Waals surface area contributed by atoms with Crippen molar-refractivity contribution >= 4 is 22.9 Å². The fourth-order valence-corrected chi connectivity index (χ4v) is 5.80. The summed E-state index contributed by atoms with van der Waals surface area (Å²) in [6.45, 7) is 7.78. The van der Waals surface area contributed by atoms with Crippen molar-refractivity contribution in [2.45, 2.75) is 111 Å². The molecule has 0 radical (unpaired) electrons. The van der Waals surface area contributed by atoms with Gasteiger partial charge in [0.15, 0.2) is 24.3 Å². The smallest absolute Gasteiger partial charge is 0.225 e. The lowest BCUT2D eigenvalue weighted by Gasteiger charge is -2.21. The van der Waals surface area contributed by atoms with Gasteiger partial charge in [-0.2, -0.15) is 4.57 Å². The minimum Gasteiger partial charge on any atom is -0.491 e. The van der Waals surface area contributed by atoms with Crippen LogP contribution < -0.4 is 14.2 Å². The molecule has 0 saturated carbocycles. The van der Waals surface area contributed by atoms with Crippen LogP contribution in [0.15, 0.2) is 54.2 Å². The maximum atomic E-state index is 14.7. The zero-order chi connectivity index (χ0) is 29.3. The summed E-state index contributed by atoms with van der Waals surface area (Å²) < 4.78 is 22.6. The first-order valence-corrected chi connectivity index (χ1v) is 16.6. The lowest BCUT2D eigenvalue weighted by atomic mass is 10.1. The molecule has 0 aliphatic heterocycles. The lowest BCUT2D eigenvalue weighted by Crippen LogP contribution is -2.31. The topological polar surface area (TPSA) is 33.4 Å². The molecule has 6 heteroatoms. The van der Waals surface area contributed by atoms with E-state index in [2.05, 4.69) is 42.3 Å². The third kappa shape index (κ3) is 12.4. The molecule has 224 valence electrons. The van der Waals surface area contributed by atoms with Gasteiger partial charge < -0.3 is 9.64 Å². The van der Waals surface area contributed by atoms with Gasteiger partial charge in [0.25, 0.3) is 0 Å². The molecule has 0 aliphatic rings. The highest BCUT2D eigenvalue weighted by Crippen LogP contribution is 2.21. The van der Waals surface area contributed by atoms with Crippen molar-refractivity contribution in [3.8, 4) is 5.75 Å². The number of aryl methyl sites for hydroxylation is 1.